The average Bonchev–Trinajstić information content (AvgIpc) is 3.71. The molecule has 6 heterocycles. The summed E-state index contributed by atoms with van der Waals surface area (Å²) in [5, 5.41) is 10.6. The topological polar surface area (TPSA) is 143 Å². The quantitative estimate of drug-likeness (QED) is 0.262. The van der Waals surface area contributed by atoms with Crippen molar-refractivity contribution in [1.29, 1.82) is 0 Å². The van der Waals surface area contributed by atoms with Gasteiger partial charge in [-0.25, -0.2) is 15.0 Å². The van der Waals surface area contributed by atoms with Crippen LogP contribution < -0.4 is 5.32 Å². The summed E-state index contributed by atoms with van der Waals surface area (Å²) < 4.78 is 1.90. The van der Waals surface area contributed by atoms with Crippen LogP contribution in [-0.2, 0) is 4.79 Å². The van der Waals surface area contributed by atoms with Gasteiger partial charge in [-0.3, -0.25) is 19.9 Å². The van der Waals surface area contributed by atoms with Gasteiger partial charge in [0.25, 0.3) is 0 Å². The first-order valence-electron chi connectivity index (χ1n) is 13.6. The molecule has 0 spiro atoms. The van der Waals surface area contributed by atoms with Crippen molar-refractivity contribution in [3.8, 4) is 28.5 Å². The first kappa shape index (κ1) is 24.1. The van der Waals surface area contributed by atoms with Gasteiger partial charge in [0.05, 0.1) is 58.7 Å². The normalized spacial score (nSPS) is 14.2. The Labute approximate surface area is 229 Å². The number of fused-ring (bicyclic) bond motifs is 2. The second-order valence-electron chi connectivity index (χ2n) is 10.4. The van der Waals surface area contributed by atoms with Crippen LogP contribution in [0.5, 0.6) is 0 Å². The zero-order chi connectivity index (χ0) is 27.1. The van der Waals surface area contributed by atoms with Crippen molar-refractivity contribution in [3.05, 3.63) is 61.2 Å². The summed E-state index contributed by atoms with van der Waals surface area (Å²) in [6.07, 6.45) is 17.1. The third-order valence-corrected chi connectivity index (χ3v) is 7.51. The Morgan fingerprint density at radius 1 is 1.02 bits per heavy atom. The van der Waals surface area contributed by atoms with Crippen LogP contribution in [0.3, 0.4) is 0 Å². The summed E-state index contributed by atoms with van der Waals surface area (Å²) in [6, 6.07) is 5.76. The zero-order valence-electron chi connectivity index (χ0n) is 22.1. The van der Waals surface area contributed by atoms with Crippen molar-refractivity contribution in [1.82, 2.24) is 44.7 Å². The van der Waals surface area contributed by atoms with Gasteiger partial charge in [0.1, 0.15) is 11.0 Å². The number of imidazole rings is 2. The molecule has 0 unspecified atom stereocenters. The Morgan fingerprint density at radius 3 is 2.75 bits per heavy atom. The van der Waals surface area contributed by atoms with E-state index in [9.17, 15) is 4.79 Å². The number of rotatable bonds is 6. The van der Waals surface area contributed by atoms with E-state index in [0.717, 1.165) is 52.0 Å². The van der Waals surface area contributed by atoms with Gasteiger partial charge in [0.2, 0.25) is 5.91 Å². The number of carbonyl (C=O) groups is 1. The molecule has 7 rings (SSSR count). The summed E-state index contributed by atoms with van der Waals surface area (Å²) >= 11 is 0. The average molecular weight is 533 g/mol. The van der Waals surface area contributed by atoms with E-state index in [4.69, 9.17) is 9.97 Å². The molecule has 11 nitrogen and oxygen atoms in total. The summed E-state index contributed by atoms with van der Waals surface area (Å²) in [4.78, 5) is 38.9. The fraction of sp³-hybridized carbons (Fsp3) is 0.276. The lowest BCUT2D eigenvalue weighted by Crippen LogP contribution is -2.18. The van der Waals surface area contributed by atoms with Crippen LogP contribution >= 0.6 is 0 Å². The molecule has 0 saturated heterocycles. The first-order chi connectivity index (χ1) is 19.6. The van der Waals surface area contributed by atoms with Gasteiger partial charge in [-0.15, -0.1) is 0 Å². The Hall–Kier alpha value is -4.93. The molecule has 1 fully saturated rings. The van der Waals surface area contributed by atoms with E-state index in [1.807, 2.05) is 35.9 Å². The Morgan fingerprint density at radius 2 is 1.90 bits per heavy atom. The molecule has 0 radical (unpaired) electrons. The van der Waals surface area contributed by atoms with Crippen LogP contribution in [0.2, 0.25) is 0 Å². The highest BCUT2D eigenvalue weighted by molar-refractivity contribution is 5.94. The molecule has 40 heavy (non-hydrogen) atoms. The molecule has 0 atom stereocenters. The maximum atomic E-state index is 12.7. The third-order valence-electron chi connectivity index (χ3n) is 7.51. The highest BCUT2D eigenvalue weighted by Gasteiger charge is 2.19. The number of hydrogen-bond acceptors (Lipinski definition) is 7. The molecule has 11 heteroatoms. The fourth-order valence-corrected chi connectivity index (χ4v) is 5.51. The molecular weight excluding hydrogens is 504 g/mol. The van der Waals surface area contributed by atoms with E-state index in [0.29, 0.717) is 35.1 Å². The maximum absolute atomic E-state index is 12.7. The predicted molar refractivity (Wildman–Crippen MR) is 152 cm³/mol. The summed E-state index contributed by atoms with van der Waals surface area (Å²) in [5.74, 6) is 1.09. The zero-order valence-corrected chi connectivity index (χ0v) is 22.1. The van der Waals surface area contributed by atoms with Crippen molar-refractivity contribution in [2.24, 2.45) is 5.92 Å². The largest absolute Gasteiger partial charge is 0.335 e. The Bertz CT molecular complexity index is 1840. The molecule has 1 saturated carbocycles. The number of nitrogens with zero attached hydrogens (tertiary/aromatic N) is 7. The number of aromatic nitrogens is 9. The van der Waals surface area contributed by atoms with Crippen molar-refractivity contribution in [2.75, 3.05) is 5.32 Å². The van der Waals surface area contributed by atoms with E-state index in [2.05, 4.69) is 35.5 Å². The first-order valence-corrected chi connectivity index (χ1v) is 13.6. The van der Waals surface area contributed by atoms with Gasteiger partial charge >= 0.3 is 0 Å². The number of hydrogen-bond donors (Lipinski definition) is 3. The fourth-order valence-electron chi connectivity index (χ4n) is 5.51. The summed E-state index contributed by atoms with van der Waals surface area (Å²) in [6.45, 7) is 1.94. The van der Waals surface area contributed by atoms with Gasteiger partial charge in [-0.05, 0) is 43.9 Å². The van der Waals surface area contributed by atoms with Gasteiger partial charge in [0, 0.05) is 24.4 Å². The second-order valence-corrected chi connectivity index (χ2v) is 10.4. The summed E-state index contributed by atoms with van der Waals surface area (Å²) in [5.41, 5.74) is 7.53. The van der Waals surface area contributed by atoms with E-state index in [-0.39, 0.29) is 5.91 Å². The molecule has 0 aromatic carbocycles. The number of carbonyl (C=O) groups excluding carboxylic acids is 1. The van der Waals surface area contributed by atoms with Crippen LogP contribution in [0.25, 0.3) is 50.5 Å². The van der Waals surface area contributed by atoms with E-state index in [1.165, 1.54) is 19.3 Å². The van der Waals surface area contributed by atoms with Crippen molar-refractivity contribution >= 4 is 33.7 Å². The monoisotopic (exact) mass is 532 g/mol. The minimum Gasteiger partial charge on any atom is -0.335 e. The number of H-pyrrole nitrogens is 2. The van der Waals surface area contributed by atoms with Crippen molar-refractivity contribution in [2.45, 2.75) is 45.4 Å². The third kappa shape index (κ3) is 4.59. The number of aryl methyl sites for hydroxylation is 1. The molecule has 1 aliphatic rings. The molecule has 200 valence electrons. The Kier molecular flexibility index (Phi) is 6.03. The molecular formula is C29H28N10O. The standard InChI is InChI=1S/C29H28N10O/c1-17-15-39(16-32-17)24-14-31-13-23-26(24)36-29(35-23)28-27-22(37-38-28)8-7-21(34-27)19-10-20(12-30-11-19)33-25(40)9-18-5-3-2-4-6-18/h7-8,10-16,18H,2-6,9H2,1H3,(H,33,40)(H,35,36)(H,37,38). The predicted octanol–water partition coefficient (Wildman–Crippen LogP) is 5.36. The number of amides is 1. The van der Waals surface area contributed by atoms with Gasteiger partial charge in [0.15, 0.2) is 11.5 Å². The van der Waals surface area contributed by atoms with Crippen molar-refractivity contribution < 1.29 is 4.79 Å². The van der Waals surface area contributed by atoms with Crippen LogP contribution in [0, 0.1) is 12.8 Å². The minimum absolute atomic E-state index is 0.0379. The minimum atomic E-state index is 0.0379. The van der Waals surface area contributed by atoms with Gasteiger partial charge < -0.3 is 14.9 Å². The highest BCUT2D eigenvalue weighted by atomic mass is 16.1. The SMILES string of the molecule is Cc1cn(-c2cncc3[nH]c(-c4n[nH]c5ccc(-c6cncc(NC(=O)CC7CCCCC7)c6)nc45)nc23)cn1. The highest BCUT2D eigenvalue weighted by Crippen LogP contribution is 2.30. The smallest absolute Gasteiger partial charge is 0.224 e. The van der Waals surface area contributed by atoms with E-state index in [1.54, 1.807) is 31.1 Å². The lowest BCUT2D eigenvalue weighted by atomic mass is 9.87. The number of anilines is 1. The van der Waals surface area contributed by atoms with Crippen molar-refractivity contribution in [3.63, 3.8) is 0 Å². The van der Waals surface area contributed by atoms with Crippen LogP contribution in [0.15, 0.2) is 55.5 Å². The van der Waals surface area contributed by atoms with Crippen LogP contribution in [0.1, 0.15) is 44.2 Å². The van der Waals surface area contributed by atoms with E-state index >= 15 is 0 Å². The second kappa shape index (κ2) is 9.99. The Balaban J connectivity index is 1.19. The number of aromatic amines is 2. The van der Waals surface area contributed by atoms with Gasteiger partial charge in [-0.2, -0.15) is 5.10 Å². The van der Waals surface area contributed by atoms with Crippen LogP contribution in [-0.4, -0.2) is 50.6 Å². The van der Waals surface area contributed by atoms with Crippen LogP contribution in [0.4, 0.5) is 5.69 Å². The molecule has 1 aliphatic carbocycles. The number of pyridine rings is 3. The molecule has 6 aromatic rings. The summed E-state index contributed by atoms with van der Waals surface area (Å²) in [7, 11) is 0. The molecule has 0 aliphatic heterocycles. The van der Waals surface area contributed by atoms with Gasteiger partial charge in [-0.1, -0.05) is 19.3 Å². The molecule has 3 N–H and O–H groups in total. The lowest BCUT2D eigenvalue weighted by molar-refractivity contribution is -0.117. The maximum Gasteiger partial charge on any atom is 0.224 e. The lowest BCUT2D eigenvalue weighted by Gasteiger charge is -2.20. The van der Waals surface area contributed by atoms with E-state index < -0.39 is 0 Å². The number of nitrogens with one attached hydrogen (secondary N) is 3. The molecule has 0 bridgehead atoms. The molecule has 6 aromatic heterocycles. The molecule has 1 amide bonds.